The zero-order chi connectivity index (χ0) is 15.4. The van der Waals surface area contributed by atoms with Crippen molar-refractivity contribution in [2.75, 3.05) is 6.61 Å². The number of nitrogens with one attached hydrogen (secondary N) is 1. The van der Waals surface area contributed by atoms with Crippen LogP contribution >= 0.6 is 0 Å². The normalized spacial score (nSPS) is 17.6. The minimum Gasteiger partial charge on any atom is -0.485 e. The van der Waals surface area contributed by atoms with Crippen LogP contribution in [0, 0.1) is 0 Å². The second-order valence-corrected chi connectivity index (χ2v) is 5.46. The van der Waals surface area contributed by atoms with Gasteiger partial charge >= 0.3 is 0 Å². The molecule has 0 spiro atoms. The Morgan fingerprint density at radius 2 is 1.82 bits per heavy atom. The van der Waals surface area contributed by atoms with Crippen molar-refractivity contribution in [1.29, 1.82) is 0 Å². The molecule has 1 aliphatic rings. The lowest BCUT2D eigenvalue weighted by atomic mass is 10.1. The summed E-state index contributed by atoms with van der Waals surface area (Å²) in [5.41, 5.74) is 1.20. The molecule has 1 amide bonds. The van der Waals surface area contributed by atoms with E-state index in [0.717, 1.165) is 6.42 Å². The SMILES string of the molecule is C[C@@H](Cc1ccccc1)NC(=O)[C@H]1COc2ccccc2O1. The maximum Gasteiger partial charge on any atom is 0.264 e. The number of benzene rings is 2. The van der Waals surface area contributed by atoms with E-state index in [1.807, 2.05) is 49.4 Å². The highest BCUT2D eigenvalue weighted by molar-refractivity contribution is 5.82. The molecule has 0 radical (unpaired) electrons. The number of rotatable bonds is 4. The van der Waals surface area contributed by atoms with Gasteiger partial charge in [-0.25, -0.2) is 0 Å². The molecule has 4 nitrogen and oxygen atoms in total. The van der Waals surface area contributed by atoms with Crippen molar-refractivity contribution in [1.82, 2.24) is 5.32 Å². The van der Waals surface area contributed by atoms with Crippen LogP contribution in [0.5, 0.6) is 11.5 Å². The summed E-state index contributed by atoms with van der Waals surface area (Å²) in [6, 6.07) is 17.5. The van der Waals surface area contributed by atoms with Gasteiger partial charge < -0.3 is 14.8 Å². The molecule has 0 aromatic heterocycles. The molecule has 4 heteroatoms. The first-order valence-corrected chi connectivity index (χ1v) is 7.45. The summed E-state index contributed by atoms with van der Waals surface area (Å²) in [7, 11) is 0. The molecule has 2 aromatic rings. The summed E-state index contributed by atoms with van der Waals surface area (Å²) in [5, 5.41) is 2.98. The lowest BCUT2D eigenvalue weighted by Gasteiger charge is -2.26. The van der Waals surface area contributed by atoms with Gasteiger partial charge in [0.2, 0.25) is 6.10 Å². The highest BCUT2D eigenvalue weighted by atomic mass is 16.6. The topological polar surface area (TPSA) is 47.6 Å². The predicted molar refractivity (Wildman–Crippen MR) is 84.1 cm³/mol. The Morgan fingerprint density at radius 3 is 2.59 bits per heavy atom. The molecular formula is C18H19NO3. The van der Waals surface area contributed by atoms with E-state index in [9.17, 15) is 4.79 Å². The van der Waals surface area contributed by atoms with Crippen LogP contribution in [0.4, 0.5) is 0 Å². The summed E-state index contributed by atoms with van der Waals surface area (Å²) in [6.45, 7) is 2.23. The lowest BCUT2D eigenvalue weighted by Crippen LogP contribution is -2.47. The molecule has 0 saturated heterocycles. The van der Waals surface area contributed by atoms with Crippen LogP contribution < -0.4 is 14.8 Å². The number of carbonyl (C=O) groups is 1. The second-order valence-electron chi connectivity index (χ2n) is 5.46. The molecule has 1 heterocycles. The van der Waals surface area contributed by atoms with Crippen molar-refractivity contribution in [2.24, 2.45) is 0 Å². The van der Waals surface area contributed by atoms with E-state index in [2.05, 4.69) is 17.4 Å². The van der Waals surface area contributed by atoms with Crippen molar-refractivity contribution in [2.45, 2.75) is 25.5 Å². The third-order valence-electron chi connectivity index (χ3n) is 3.57. The predicted octanol–water partition coefficient (Wildman–Crippen LogP) is 2.57. The van der Waals surface area contributed by atoms with Crippen LogP contribution in [0.3, 0.4) is 0 Å². The standard InChI is InChI=1S/C18H19NO3/c1-13(11-14-7-3-2-4-8-14)19-18(20)17-12-21-15-9-5-6-10-16(15)22-17/h2-10,13,17H,11-12H2,1H3,(H,19,20)/t13-,17+/m0/s1. The molecule has 2 aromatic carbocycles. The fraction of sp³-hybridized carbons (Fsp3) is 0.278. The number of ether oxygens (including phenoxy) is 2. The summed E-state index contributed by atoms with van der Waals surface area (Å²) in [6.07, 6.45) is 0.185. The first-order chi connectivity index (χ1) is 10.7. The second kappa shape index (κ2) is 6.52. The van der Waals surface area contributed by atoms with Gasteiger partial charge in [0.25, 0.3) is 5.91 Å². The molecule has 0 fully saturated rings. The molecule has 1 aliphatic heterocycles. The zero-order valence-corrected chi connectivity index (χ0v) is 12.5. The van der Waals surface area contributed by atoms with Crippen LogP contribution in [0.25, 0.3) is 0 Å². The number of carbonyl (C=O) groups excluding carboxylic acids is 1. The van der Waals surface area contributed by atoms with Crippen LogP contribution in [0.1, 0.15) is 12.5 Å². The summed E-state index contributed by atoms with van der Waals surface area (Å²) in [5.74, 6) is 1.16. The average molecular weight is 297 g/mol. The molecule has 2 atom stereocenters. The molecular weight excluding hydrogens is 278 g/mol. The molecule has 0 bridgehead atoms. The van der Waals surface area contributed by atoms with Crippen molar-refractivity contribution in [3.05, 3.63) is 60.2 Å². The first kappa shape index (κ1) is 14.4. The van der Waals surface area contributed by atoms with Crippen LogP contribution in [0.2, 0.25) is 0 Å². The van der Waals surface area contributed by atoms with Crippen molar-refractivity contribution in [3.63, 3.8) is 0 Å². The van der Waals surface area contributed by atoms with E-state index in [1.54, 1.807) is 0 Å². The first-order valence-electron chi connectivity index (χ1n) is 7.45. The Kier molecular flexibility index (Phi) is 4.28. The minimum atomic E-state index is -0.604. The number of hydrogen-bond donors (Lipinski definition) is 1. The van der Waals surface area contributed by atoms with E-state index in [0.29, 0.717) is 11.5 Å². The Labute approximate surface area is 130 Å². The smallest absolute Gasteiger partial charge is 0.264 e. The third-order valence-corrected chi connectivity index (χ3v) is 3.57. The van der Waals surface area contributed by atoms with Crippen LogP contribution in [-0.2, 0) is 11.2 Å². The average Bonchev–Trinajstić information content (AvgIpc) is 2.55. The quantitative estimate of drug-likeness (QED) is 0.943. The number of para-hydroxylation sites is 2. The van der Waals surface area contributed by atoms with Gasteiger partial charge in [-0.1, -0.05) is 42.5 Å². The summed E-state index contributed by atoms with van der Waals surface area (Å²) in [4.78, 5) is 12.3. The molecule has 1 N–H and O–H groups in total. The zero-order valence-electron chi connectivity index (χ0n) is 12.5. The van der Waals surface area contributed by atoms with Gasteiger partial charge in [-0.3, -0.25) is 4.79 Å². The van der Waals surface area contributed by atoms with Crippen molar-refractivity contribution >= 4 is 5.91 Å². The van der Waals surface area contributed by atoms with Gasteiger partial charge in [0, 0.05) is 6.04 Å². The Hall–Kier alpha value is -2.49. The Balaban J connectivity index is 1.56. The maximum absolute atomic E-state index is 12.3. The van der Waals surface area contributed by atoms with Gasteiger partial charge in [0.15, 0.2) is 11.5 Å². The number of amides is 1. The van der Waals surface area contributed by atoms with E-state index < -0.39 is 6.10 Å². The van der Waals surface area contributed by atoms with Gasteiger partial charge in [-0.05, 0) is 31.0 Å². The van der Waals surface area contributed by atoms with Gasteiger partial charge in [-0.2, -0.15) is 0 Å². The molecule has 3 rings (SSSR count). The Bertz CT molecular complexity index is 642. The summed E-state index contributed by atoms with van der Waals surface area (Å²) >= 11 is 0. The number of fused-ring (bicyclic) bond motifs is 1. The molecule has 0 saturated carbocycles. The fourth-order valence-electron chi connectivity index (χ4n) is 2.50. The highest BCUT2D eigenvalue weighted by Gasteiger charge is 2.27. The molecule has 22 heavy (non-hydrogen) atoms. The largest absolute Gasteiger partial charge is 0.485 e. The highest BCUT2D eigenvalue weighted by Crippen LogP contribution is 2.30. The van der Waals surface area contributed by atoms with Gasteiger partial charge in [0.05, 0.1) is 0 Å². The van der Waals surface area contributed by atoms with E-state index in [4.69, 9.17) is 9.47 Å². The van der Waals surface area contributed by atoms with Crippen LogP contribution in [0.15, 0.2) is 54.6 Å². The molecule has 0 aliphatic carbocycles. The monoisotopic (exact) mass is 297 g/mol. The maximum atomic E-state index is 12.3. The van der Waals surface area contributed by atoms with E-state index in [1.165, 1.54) is 5.56 Å². The minimum absolute atomic E-state index is 0.0377. The van der Waals surface area contributed by atoms with Crippen molar-refractivity contribution < 1.29 is 14.3 Å². The molecule has 114 valence electrons. The Morgan fingerprint density at radius 1 is 1.14 bits per heavy atom. The van der Waals surface area contributed by atoms with Gasteiger partial charge in [0.1, 0.15) is 6.61 Å². The van der Waals surface area contributed by atoms with E-state index in [-0.39, 0.29) is 18.6 Å². The van der Waals surface area contributed by atoms with Crippen LogP contribution in [-0.4, -0.2) is 24.7 Å². The van der Waals surface area contributed by atoms with E-state index >= 15 is 0 Å². The summed E-state index contributed by atoms with van der Waals surface area (Å²) < 4.78 is 11.3. The van der Waals surface area contributed by atoms with Gasteiger partial charge in [-0.15, -0.1) is 0 Å². The fourth-order valence-corrected chi connectivity index (χ4v) is 2.50. The molecule has 0 unspecified atom stereocenters. The third kappa shape index (κ3) is 3.39. The van der Waals surface area contributed by atoms with Crippen molar-refractivity contribution in [3.8, 4) is 11.5 Å². The lowest BCUT2D eigenvalue weighted by molar-refractivity contribution is -0.130. The number of hydrogen-bond acceptors (Lipinski definition) is 3.